The van der Waals surface area contributed by atoms with Crippen molar-refractivity contribution in [3.63, 3.8) is 0 Å². The van der Waals surface area contributed by atoms with Gasteiger partial charge >= 0.3 is 0 Å². The maximum absolute atomic E-state index is 8.74. The van der Waals surface area contributed by atoms with E-state index in [1.807, 2.05) is 24.3 Å². The average molecular weight is 353 g/mol. The van der Waals surface area contributed by atoms with Crippen molar-refractivity contribution >= 4 is 0 Å². The molecule has 2 rings (SSSR count). The number of nitrogens with zero attached hydrogens (tertiary/aromatic N) is 1. The van der Waals surface area contributed by atoms with E-state index in [9.17, 15) is 0 Å². The monoisotopic (exact) mass is 353 g/mol. The number of benzene rings is 2. The zero-order chi connectivity index (χ0) is 18.6. The molecule has 0 fully saturated rings. The van der Waals surface area contributed by atoms with Gasteiger partial charge in [-0.25, -0.2) is 0 Å². The first-order valence-electron chi connectivity index (χ1n) is 8.38. The largest absolute Gasteiger partial charge is 0.493 e. The topological polar surface area (TPSA) is 60.7 Å². The van der Waals surface area contributed by atoms with Crippen LogP contribution in [0.15, 0.2) is 55.1 Å². The van der Waals surface area contributed by atoms with Gasteiger partial charge in [-0.2, -0.15) is 5.26 Å². The molecule has 0 spiro atoms. The molecule has 0 aliphatic carbocycles. The molecule has 5 nitrogen and oxygen atoms in total. The summed E-state index contributed by atoms with van der Waals surface area (Å²) in [5, 5.41) is 8.74. The van der Waals surface area contributed by atoms with Crippen LogP contribution in [0.3, 0.4) is 0 Å². The van der Waals surface area contributed by atoms with Crippen LogP contribution in [-0.4, -0.2) is 33.5 Å². The highest BCUT2D eigenvalue weighted by Crippen LogP contribution is 2.28. The lowest BCUT2D eigenvalue weighted by atomic mass is 10.1. The molecular formula is C21H23NO4. The minimum atomic E-state index is 0.425. The number of hydrogen-bond acceptors (Lipinski definition) is 5. The summed E-state index contributed by atoms with van der Waals surface area (Å²) in [7, 11) is 1.62. The summed E-state index contributed by atoms with van der Waals surface area (Å²) in [6, 6.07) is 14.9. The number of nitriles is 1. The maximum atomic E-state index is 8.74. The molecule has 0 aliphatic heterocycles. The van der Waals surface area contributed by atoms with Gasteiger partial charge < -0.3 is 18.9 Å². The Balaban J connectivity index is 1.64. The van der Waals surface area contributed by atoms with Crippen LogP contribution in [0.5, 0.6) is 17.2 Å². The second kappa shape index (κ2) is 10.8. The number of hydrogen-bond donors (Lipinski definition) is 0. The van der Waals surface area contributed by atoms with Crippen LogP contribution in [0.1, 0.15) is 11.1 Å². The Morgan fingerprint density at radius 2 is 1.69 bits per heavy atom. The zero-order valence-corrected chi connectivity index (χ0v) is 14.9. The summed E-state index contributed by atoms with van der Waals surface area (Å²) < 4.78 is 22.1. The van der Waals surface area contributed by atoms with Crippen molar-refractivity contribution in [3.05, 3.63) is 66.2 Å². The van der Waals surface area contributed by atoms with Crippen LogP contribution in [0.2, 0.25) is 0 Å². The van der Waals surface area contributed by atoms with Gasteiger partial charge in [0.05, 0.1) is 32.0 Å². The molecule has 0 unspecified atom stereocenters. The Kier molecular flexibility index (Phi) is 8.04. The molecule has 0 aromatic heterocycles. The van der Waals surface area contributed by atoms with Gasteiger partial charge in [0.1, 0.15) is 19.0 Å². The highest BCUT2D eigenvalue weighted by molar-refractivity contribution is 5.43. The third-order valence-electron chi connectivity index (χ3n) is 3.57. The van der Waals surface area contributed by atoms with Gasteiger partial charge in [-0.15, -0.1) is 6.58 Å². The molecule has 5 heteroatoms. The highest BCUT2D eigenvalue weighted by Gasteiger charge is 2.05. The van der Waals surface area contributed by atoms with E-state index >= 15 is 0 Å². The third kappa shape index (κ3) is 6.15. The lowest BCUT2D eigenvalue weighted by Gasteiger charge is -2.12. The second-order valence-electron chi connectivity index (χ2n) is 5.42. The van der Waals surface area contributed by atoms with Crippen molar-refractivity contribution in [2.75, 3.05) is 33.5 Å². The van der Waals surface area contributed by atoms with E-state index in [1.165, 1.54) is 0 Å². The fraction of sp³-hybridized carbons (Fsp3) is 0.286. The number of methoxy groups -OCH3 is 1. The summed E-state index contributed by atoms with van der Waals surface area (Å²) in [5.74, 6) is 2.11. The number of ether oxygens (including phenoxy) is 4. The van der Waals surface area contributed by atoms with Gasteiger partial charge in [0.15, 0.2) is 11.5 Å². The molecule has 136 valence electrons. The maximum Gasteiger partial charge on any atom is 0.161 e. The van der Waals surface area contributed by atoms with Crippen LogP contribution in [0.25, 0.3) is 0 Å². The normalized spacial score (nSPS) is 10.0. The van der Waals surface area contributed by atoms with Crippen LogP contribution < -0.4 is 14.2 Å². The first-order valence-corrected chi connectivity index (χ1v) is 8.38. The van der Waals surface area contributed by atoms with E-state index in [-0.39, 0.29) is 0 Å². The number of allylic oxidation sites excluding steroid dienone is 1. The van der Waals surface area contributed by atoms with E-state index in [0.717, 1.165) is 12.0 Å². The average Bonchev–Trinajstić information content (AvgIpc) is 2.68. The first kappa shape index (κ1) is 19.4. The van der Waals surface area contributed by atoms with Gasteiger partial charge in [-0.1, -0.05) is 12.1 Å². The summed E-state index contributed by atoms with van der Waals surface area (Å²) in [6.45, 7) is 5.50. The Morgan fingerprint density at radius 1 is 0.962 bits per heavy atom. The van der Waals surface area contributed by atoms with E-state index in [2.05, 4.69) is 12.6 Å². The molecule has 2 aromatic rings. The van der Waals surface area contributed by atoms with Gasteiger partial charge in [0.25, 0.3) is 0 Å². The summed E-state index contributed by atoms with van der Waals surface area (Å²) in [4.78, 5) is 0. The summed E-state index contributed by atoms with van der Waals surface area (Å²) in [5.41, 5.74) is 1.74. The Morgan fingerprint density at radius 3 is 2.35 bits per heavy atom. The SMILES string of the molecule is C=CCc1ccc(OCCOCCOc2ccc(C#N)cc2)c(OC)c1. The quantitative estimate of drug-likeness (QED) is 0.455. The lowest BCUT2D eigenvalue weighted by Crippen LogP contribution is -2.12. The molecule has 2 aromatic carbocycles. The van der Waals surface area contributed by atoms with Crippen molar-refractivity contribution in [3.8, 4) is 23.3 Å². The van der Waals surface area contributed by atoms with Gasteiger partial charge in [0.2, 0.25) is 0 Å². The van der Waals surface area contributed by atoms with Crippen molar-refractivity contribution in [1.82, 2.24) is 0 Å². The highest BCUT2D eigenvalue weighted by atomic mass is 16.6. The van der Waals surface area contributed by atoms with Gasteiger partial charge in [-0.05, 0) is 48.4 Å². The lowest BCUT2D eigenvalue weighted by molar-refractivity contribution is 0.0757. The Bertz CT molecular complexity index is 735. The third-order valence-corrected chi connectivity index (χ3v) is 3.57. The molecule has 0 N–H and O–H groups in total. The molecule has 26 heavy (non-hydrogen) atoms. The molecule has 0 bridgehead atoms. The van der Waals surface area contributed by atoms with Crippen LogP contribution in [0.4, 0.5) is 0 Å². The summed E-state index contributed by atoms with van der Waals surface area (Å²) >= 11 is 0. The molecule has 0 aliphatic rings. The fourth-order valence-corrected chi connectivity index (χ4v) is 2.28. The predicted octanol–water partition coefficient (Wildman–Crippen LogP) is 3.77. The zero-order valence-electron chi connectivity index (χ0n) is 14.9. The Labute approximate surface area is 154 Å². The molecule has 0 heterocycles. The van der Waals surface area contributed by atoms with Crippen LogP contribution >= 0.6 is 0 Å². The summed E-state index contributed by atoms with van der Waals surface area (Å²) in [6.07, 6.45) is 2.64. The second-order valence-corrected chi connectivity index (χ2v) is 5.42. The van der Waals surface area contributed by atoms with E-state index < -0.39 is 0 Å². The molecule has 0 saturated carbocycles. The smallest absolute Gasteiger partial charge is 0.161 e. The number of rotatable bonds is 11. The van der Waals surface area contributed by atoms with E-state index in [4.69, 9.17) is 24.2 Å². The van der Waals surface area contributed by atoms with Crippen molar-refractivity contribution in [2.24, 2.45) is 0 Å². The van der Waals surface area contributed by atoms with Crippen molar-refractivity contribution < 1.29 is 18.9 Å². The standard InChI is InChI=1S/C21H23NO4/c1-3-4-17-7-10-20(21(15-17)23-2)26-14-12-24-11-13-25-19-8-5-18(16-22)6-9-19/h3,5-10,15H,1,4,11-14H2,2H3. The van der Waals surface area contributed by atoms with Crippen molar-refractivity contribution in [2.45, 2.75) is 6.42 Å². The van der Waals surface area contributed by atoms with Crippen LogP contribution in [-0.2, 0) is 11.2 Å². The molecule has 0 atom stereocenters. The van der Waals surface area contributed by atoms with Gasteiger partial charge in [0, 0.05) is 0 Å². The van der Waals surface area contributed by atoms with Gasteiger partial charge in [-0.3, -0.25) is 0 Å². The fourth-order valence-electron chi connectivity index (χ4n) is 2.28. The van der Waals surface area contributed by atoms with Crippen molar-refractivity contribution in [1.29, 1.82) is 5.26 Å². The van der Waals surface area contributed by atoms with E-state index in [1.54, 1.807) is 31.4 Å². The molecular weight excluding hydrogens is 330 g/mol. The molecule has 0 radical (unpaired) electrons. The molecule has 0 amide bonds. The molecule has 0 saturated heterocycles. The van der Waals surface area contributed by atoms with Crippen LogP contribution in [0, 0.1) is 11.3 Å². The minimum Gasteiger partial charge on any atom is -0.493 e. The predicted molar refractivity (Wildman–Crippen MR) is 99.9 cm³/mol. The Hall–Kier alpha value is -2.97. The van der Waals surface area contributed by atoms with E-state index in [0.29, 0.717) is 49.2 Å². The minimum absolute atomic E-state index is 0.425. The first-order chi connectivity index (χ1) is 12.8.